The number of hydrogen-bond acceptors (Lipinski definition) is 14. The second kappa shape index (κ2) is 10.7. The SMILES string of the molecule is CC(C)(CCOC(=O)O[C@@H]1CO[C@H]2[C@@H]1OC[C@H]2O)CC(CON(O)O)ON(O)O. The fourth-order valence-corrected chi connectivity index (χ4v) is 3.24. The van der Waals surface area contributed by atoms with Gasteiger partial charge in [-0.1, -0.05) is 13.8 Å². The second-order valence-electron chi connectivity index (χ2n) is 7.57. The molecule has 2 aliphatic heterocycles. The van der Waals surface area contributed by atoms with Crippen molar-refractivity contribution in [2.75, 3.05) is 26.4 Å². The summed E-state index contributed by atoms with van der Waals surface area (Å²) in [4.78, 5) is 21.0. The highest BCUT2D eigenvalue weighted by atomic mass is 17.1. The third kappa shape index (κ3) is 7.88. The van der Waals surface area contributed by atoms with Crippen LogP contribution in [-0.2, 0) is 28.6 Å². The molecule has 0 amide bonds. The highest BCUT2D eigenvalue weighted by Crippen LogP contribution is 2.30. The maximum atomic E-state index is 11.9. The fourth-order valence-electron chi connectivity index (χ4n) is 3.24. The number of carbonyl (C=O) groups is 1. The van der Waals surface area contributed by atoms with Crippen molar-refractivity contribution in [3.63, 3.8) is 0 Å². The van der Waals surface area contributed by atoms with Crippen molar-refractivity contribution in [1.29, 1.82) is 0 Å². The van der Waals surface area contributed by atoms with Crippen LogP contribution in [0.5, 0.6) is 0 Å². The molecule has 14 heteroatoms. The van der Waals surface area contributed by atoms with Crippen molar-refractivity contribution in [1.82, 2.24) is 10.8 Å². The average molecular weight is 428 g/mol. The number of aliphatic hydroxyl groups excluding tert-OH is 1. The molecule has 14 nitrogen and oxygen atoms in total. The van der Waals surface area contributed by atoms with E-state index >= 15 is 0 Å². The van der Waals surface area contributed by atoms with Crippen LogP contribution in [0, 0.1) is 5.41 Å². The molecule has 5 atom stereocenters. The first-order valence-corrected chi connectivity index (χ1v) is 8.97. The molecule has 0 aromatic heterocycles. The molecule has 0 aliphatic carbocycles. The number of aliphatic hydroxyl groups is 1. The summed E-state index contributed by atoms with van der Waals surface area (Å²) in [7, 11) is 0. The van der Waals surface area contributed by atoms with E-state index in [1.54, 1.807) is 13.8 Å². The number of ether oxygens (including phenoxy) is 4. The first-order chi connectivity index (χ1) is 13.6. The van der Waals surface area contributed by atoms with Crippen molar-refractivity contribution in [3.05, 3.63) is 0 Å². The van der Waals surface area contributed by atoms with Gasteiger partial charge in [-0.25, -0.2) is 14.5 Å². The van der Waals surface area contributed by atoms with E-state index in [0.29, 0.717) is 6.42 Å². The summed E-state index contributed by atoms with van der Waals surface area (Å²) in [5.41, 5.74) is -0.527. The van der Waals surface area contributed by atoms with E-state index in [9.17, 15) is 9.90 Å². The summed E-state index contributed by atoms with van der Waals surface area (Å²) in [6.07, 6.45) is -3.76. The van der Waals surface area contributed by atoms with E-state index in [2.05, 4.69) is 4.84 Å². The van der Waals surface area contributed by atoms with Crippen LogP contribution < -0.4 is 0 Å². The van der Waals surface area contributed by atoms with E-state index in [1.807, 2.05) is 0 Å². The van der Waals surface area contributed by atoms with Crippen LogP contribution in [0.2, 0.25) is 0 Å². The molecule has 170 valence electrons. The third-order valence-corrected chi connectivity index (χ3v) is 4.63. The molecule has 2 aliphatic rings. The number of fused-ring (bicyclic) bond motifs is 1. The molecular weight excluding hydrogens is 400 g/mol. The van der Waals surface area contributed by atoms with E-state index in [4.69, 9.17) is 44.6 Å². The van der Waals surface area contributed by atoms with Crippen LogP contribution in [0.4, 0.5) is 4.79 Å². The van der Waals surface area contributed by atoms with Gasteiger partial charge in [-0.05, 0) is 18.3 Å². The summed E-state index contributed by atoms with van der Waals surface area (Å²) in [6, 6.07) is 0. The normalized spacial score (nSPS) is 28.0. The van der Waals surface area contributed by atoms with Crippen molar-refractivity contribution in [3.8, 4) is 0 Å². The van der Waals surface area contributed by atoms with Gasteiger partial charge in [-0.2, -0.15) is 0 Å². The van der Waals surface area contributed by atoms with Gasteiger partial charge >= 0.3 is 6.16 Å². The van der Waals surface area contributed by atoms with Gasteiger partial charge < -0.3 is 24.1 Å². The first kappa shape index (κ1) is 24.1. The Morgan fingerprint density at radius 2 is 1.83 bits per heavy atom. The predicted molar refractivity (Wildman–Crippen MR) is 86.4 cm³/mol. The summed E-state index contributed by atoms with van der Waals surface area (Å²) >= 11 is 0. The molecule has 1 unspecified atom stereocenters. The summed E-state index contributed by atoms with van der Waals surface area (Å²) in [5.74, 6) is 0. The Morgan fingerprint density at radius 3 is 2.48 bits per heavy atom. The molecule has 0 radical (unpaired) electrons. The van der Waals surface area contributed by atoms with Crippen molar-refractivity contribution >= 4 is 6.16 Å². The molecule has 0 aromatic rings. The largest absolute Gasteiger partial charge is 0.508 e. The minimum absolute atomic E-state index is 0.00134. The Morgan fingerprint density at radius 1 is 1.14 bits per heavy atom. The number of rotatable bonds is 11. The quantitative estimate of drug-likeness (QED) is 0.217. The highest BCUT2D eigenvalue weighted by molar-refractivity contribution is 5.60. The van der Waals surface area contributed by atoms with Crippen LogP contribution in [0.1, 0.15) is 26.7 Å². The Kier molecular flexibility index (Phi) is 8.92. The van der Waals surface area contributed by atoms with Crippen molar-refractivity contribution < 1.29 is 59.4 Å². The second-order valence-corrected chi connectivity index (χ2v) is 7.57. The lowest BCUT2D eigenvalue weighted by molar-refractivity contribution is -0.528. The molecule has 2 rings (SSSR count). The molecule has 0 saturated carbocycles. The monoisotopic (exact) mass is 428 g/mol. The Labute approximate surface area is 166 Å². The lowest BCUT2D eigenvalue weighted by atomic mass is 9.84. The van der Waals surface area contributed by atoms with Crippen LogP contribution in [0.15, 0.2) is 0 Å². The minimum atomic E-state index is -0.952. The van der Waals surface area contributed by atoms with Crippen molar-refractivity contribution in [2.24, 2.45) is 5.41 Å². The fraction of sp³-hybridized carbons (Fsp3) is 0.933. The number of nitrogens with zero attached hydrogens (tertiary/aromatic N) is 2. The Balaban J connectivity index is 1.72. The van der Waals surface area contributed by atoms with Gasteiger partial charge in [0.15, 0.2) is 6.10 Å². The maximum absolute atomic E-state index is 11.9. The molecule has 0 spiro atoms. The summed E-state index contributed by atoms with van der Waals surface area (Å²) in [5, 5.41) is 43.4. The number of carbonyl (C=O) groups excluding carboxylic acids is 1. The Bertz CT molecular complexity index is 520. The van der Waals surface area contributed by atoms with E-state index < -0.39 is 59.5 Å². The van der Waals surface area contributed by atoms with Gasteiger partial charge in [0.05, 0.1) is 30.6 Å². The molecule has 29 heavy (non-hydrogen) atoms. The zero-order valence-electron chi connectivity index (χ0n) is 16.1. The van der Waals surface area contributed by atoms with Gasteiger partial charge in [-0.15, -0.1) is 0 Å². The van der Waals surface area contributed by atoms with E-state index in [-0.39, 0.29) is 26.2 Å². The van der Waals surface area contributed by atoms with E-state index in [1.165, 1.54) is 0 Å². The van der Waals surface area contributed by atoms with Crippen LogP contribution >= 0.6 is 0 Å². The van der Waals surface area contributed by atoms with Crippen LogP contribution in [0.3, 0.4) is 0 Å². The first-order valence-electron chi connectivity index (χ1n) is 8.97. The molecule has 2 heterocycles. The average Bonchev–Trinajstić information content (AvgIpc) is 3.15. The highest BCUT2D eigenvalue weighted by Gasteiger charge is 2.49. The van der Waals surface area contributed by atoms with Crippen LogP contribution in [-0.4, -0.2) is 99.8 Å². The van der Waals surface area contributed by atoms with Gasteiger partial charge in [0.2, 0.25) is 0 Å². The van der Waals surface area contributed by atoms with Crippen LogP contribution in [0.25, 0.3) is 0 Å². The number of hydrogen-bond donors (Lipinski definition) is 5. The molecule has 0 aromatic carbocycles. The maximum Gasteiger partial charge on any atom is 0.508 e. The zero-order valence-corrected chi connectivity index (χ0v) is 16.1. The lowest BCUT2D eigenvalue weighted by Gasteiger charge is -2.29. The lowest BCUT2D eigenvalue weighted by Crippen LogP contribution is -2.35. The van der Waals surface area contributed by atoms with Gasteiger partial charge in [0.25, 0.3) is 0 Å². The topological polar surface area (TPSA) is 180 Å². The minimum Gasteiger partial charge on any atom is -0.434 e. The van der Waals surface area contributed by atoms with Gasteiger partial charge in [-0.3, -0.25) is 20.8 Å². The van der Waals surface area contributed by atoms with Gasteiger partial charge in [0.1, 0.15) is 31.0 Å². The summed E-state index contributed by atoms with van der Waals surface area (Å²) < 4.78 is 21.0. The molecule has 5 N–H and O–H groups in total. The molecule has 0 bridgehead atoms. The third-order valence-electron chi connectivity index (χ3n) is 4.63. The molecule has 2 saturated heterocycles. The molecule has 2 fully saturated rings. The molecular formula is C15H28N2O12. The van der Waals surface area contributed by atoms with Gasteiger partial charge in [0, 0.05) is 0 Å². The Hall–Kier alpha value is -1.17. The standard InChI is InChI=1S/C15H28N2O12/c1-15(2,5-9(29-17(22)23)6-27-16(20)21)3-4-24-14(19)28-11-8-26-12-10(18)7-25-13(11)12/h9-13,18,20-23H,3-8H2,1-2H3/t9?,10-,11-,12-,13-/m1/s1. The van der Waals surface area contributed by atoms with Crippen molar-refractivity contribution in [2.45, 2.75) is 57.2 Å². The predicted octanol–water partition coefficient (Wildman–Crippen LogP) is -0.134. The van der Waals surface area contributed by atoms with E-state index in [0.717, 1.165) is 0 Å². The zero-order chi connectivity index (χ0) is 21.6. The smallest absolute Gasteiger partial charge is 0.434 e. The summed E-state index contributed by atoms with van der Waals surface area (Å²) in [6.45, 7) is 3.43.